The van der Waals surface area contributed by atoms with Crippen LogP contribution in [0.25, 0.3) is 0 Å². The molecule has 6 nitrogen and oxygen atoms in total. The zero-order chi connectivity index (χ0) is 13.0. The summed E-state index contributed by atoms with van der Waals surface area (Å²) in [5, 5.41) is 21.8. The largest absolute Gasteiger partial charge is 0.388 e. The van der Waals surface area contributed by atoms with Gasteiger partial charge in [0.05, 0.1) is 11.3 Å². The average molecular weight is 249 g/mol. The Labute approximate surface area is 103 Å². The Kier molecular flexibility index (Phi) is 3.86. The Hall–Kier alpha value is -2.31. The summed E-state index contributed by atoms with van der Waals surface area (Å²) in [6, 6.07) is 3.39. The van der Waals surface area contributed by atoms with E-state index in [2.05, 4.69) is 10.1 Å². The number of aliphatic imine (C=N–C) groups is 1. The zero-order valence-electron chi connectivity index (χ0n) is 9.27. The third-order valence-corrected chi connectivity index (χ3v) is 2.45. The number of nitriles is 2. The fraction of sp³-hybridized carbons (Fsp3) is 0.200. The number of aromatic nitrogens is 2. The minimum atomic E-state index is -0.235. The number of hydrogen-bond acceptors (Lipinski definition) is 5. The van der Waals surface area contributed by atoms with Crippen LogP contribution < -0.4 is 5.73 Å². The first-order valence-electron chi connectivity index (χ1n) is 4.54. The van der Waals surface area contributed by atoms with Gasteiger partial charge in [0.15, 0.2) is 5.70 Å². The SMILES string of the molecule is Cc1nn(C)c(Cl)c1C=N/C(C#N)=C(\N)C#N. The van der Waals surface area contributed by atoms with Crippen molar-refractivity contribution in [2.24, 2.45) is 17.8 Å². The van der Waals surface area contributed by atoms with Gasteiger partial charge in [-0.3, -0.25) is 4.68 Å². The van der Waals surface area contributed by atoms with Crippen LogP contribution in [0.15, 0.2) is 16.4 Å². The van der Waals surface area contributed by atoms with Crippen molar-refractivity contribution in [3.63, 3.8) is 0 Å². The molecule has 1 aromatic rings. The van der Waals surface area contributed by atoms with Crippen molar-refractivity contribution in [3.8, 4) is 12.1 Å². The van der Waals surface area contributed by atoms with Crippen molar-refractivity contribution in [1.29, 1.82) is 10.5 Å². The number of hydrogen-bond donors (Lipinski definition) is 1. The van der Waals surface area contributed by atoms with Gasteiger partial charge in [-0.1, -0.05) is 11.6 Å². The van der Waals surface area contributed by atoms with Gasteiger partial charge in [0.2, 0.25) is 0 Å². The predicted molar refractivity (Wildman–Crippen MR) is 63.0 cm³/mol. The quantitative estimate of drug-likeness (QED) is 0.623. The highest BCUT2D eigenvalue weighted by atomic mass is 35.5. The van der Waals surface area contributed by atoms with E-state index in [0.717, 1.165) is 0 Å². The van der Waals surface area contributed by atoms with Crippen molar-refractivity contribution in [2.45, 2.75) is 6.92 Å². The fourth-order valence-electron chi connectivity index (χ4n) is 1.13. The van der Waals surface area contributed by atoms with E-state index in [-0.39, 0.29) is 11.4 Å². The van der Waals surface area contributed by atoms with E-state index in [1.54, 1.807) is 26.1 Å². The summed E-state index contributed by atoms with van der Waals surface area (Å²) in [7, 11) is 1.69. The van der Waals surface area contributed by atoms with Crippen LogP contribution in [-0.2, 0) is 7.05 Å². The summed E-state index contributed by atoms with van der Waals surface area (Å²) in [4.78, 5) is 3.83. The molecule has 0 atom stereocenters. The summed E-state index contributed by atoms with van der Waals surface area (Å²) >= 11 is 5.97. The standard InChI is InChI=1S/C10H9ClN6/c1-6-7(10(11)17(2)16-6)5-15-9(4-13)8(14)3-12/h5H,14H2,1-2H3/b9-8-,15-5?. The molecule has 2 N–H and O–H groups in total. The number of nitrogens with two attached hydrogens (primary N) is 1. The molecule has 0 spiro atoms. The summed E-state index contributed by atoms with van der Waals surface area (Å²) in [6.07, 6.45) is 1.37. The predicted octanol–water partition coefficient (Wildman–Crippen LogP) is 1.02. The molecule has 17 heavy (non-hydrogen) atoms. The van der Waals surface area contributed by atoms with Crippen LogP contribution >= 0.6 is 11.6 Å². The molecule has 0 amide bonds. The molecule has 7 heteroatoms. The van der Waals surface area contributed by atoms with Gasteiger partial charge in [-0.05, 0) is 6.92 Å². The molecule has 1 heterocycles. The lowest BCUT2D eigenvalue weighted by atomic mass is 10.3. The van der Waals surface area contributed by atoms with Crippen molar-refractivity contribution >= 4 is 17.8 Å². The number of aryl methyl sites for hydroxylation is 2. The van der Waals surface area contributed by atoms with E-state index in [4.69, 9.17) is 27.9 Å². The molecular weight excluding hydrogens is 240 g/mol. The molecule has 0 unspecified atom stereocenters. The Morgan fingerprint density at radius 3 is 2.59 bits per heavy atom. The van der Waals surface area contributed by atoms with E-state index >= 15 is 0 Å². The molecule has 0 aliphatic rings. The third-order valence-electron chi connectivity index (χ3n) is 2.00. The highest BCUT2D eigenvalue weighted by molar-refractivity contribution is 6.32. The van der Waals surface area contributed by atoms with Crippen molar-refractivity contribution < 1.29 is 0 Å². The molecule has 1 rings (SSSR count). The molecular formula is C10H9ClN6. The minimum absolute atomic E-state index is 0.146. The first kappa shape index (κ1) is 12.8. The monoisotopic (exact) mass is 248 g/mol. The van der Waals surface area contributed by atoms with Gasteiger partial charge in [-0.2, -0.15) is 15.6 Å². The molecule has 86 valence electrons. The van der Waals surface area contributed by atoms with Gasteiger partial charge in [-0.25, -0.2) is 4.99 Å². The Morgan fingerprint density at radius 2 is 2.18 bits per heavy atom. The van der Waals surface area contributed by atoms with E-state index in [1.807, 2.05) is 0 Å². The van der Waals surface area contributed by atoms with Crippen molar-refractivity contribution in [3.05, 3.63) is 27.8 Å². The van der Waals surface area contributed by atoms with E-state index in [0.29, 0.717) is 16.4 Å². The Bertz CT molecular complexity index is 581. The highest BCUT2D eigenvalue weighted by Gasteiger charge is 2.09. The van der Waals surface area contributed by atoms with Crippen LogP contribution in [0.4, 0.5) is 0 Å². The summed E-state index contributed by atoms with van der Waals surface area (Å²) in [5.41, 5.74) is 6.19. The van der Waals surface area contributed by atoms with Crippen molar-refractivity contribution in [2.75, 3.05) is 0 Å². The molecule has 0 saturated carbocycles. The lowest BCUT2D eigenvalue weighted by Gasteiger charge is -1.92. The molecule has 0 saturated heterocycles. The lowest BCUT2D eigenvalue weighted by Crippen LogP contribution is -1.97. The van der Waals surface area contributed by atoms with Crippen LogP contribution in [0.1, 0.15) is 11.3 Å². The van der Waals surface area contributed by atoms with Gasteiger partial charge in [0.25, 0.3) is 0 Å². The van der Waals surface area contributed by atoms with Gasteiger partial charge in [0.1, 0.15) is 23.0 Å². The van der Waals surface area contributed by atoms with Crippen LogP contribution in [0.5, 0.6) is 0 Å². The average Bonchev–Trinajstić information content (AvgIpc) is 2.55. The second-order valence-corrected chi connectivity index (χ2v) is 3.52. The smallest absolute Gasteiger partial charge is 0.174 e. The van der Waals surface area contributed by atoms with Crippen LogP contribution in [-0.4, -0.2) is 16.0 Å². The second-order valence-electron chi connectivity index (χ2n) is 3.16. The Balaban J connectivity index is 3.16. The number of rotatable bonds is 2. The third kappa shape index (κ3) is 2.63. The minimum Gasteiger partial charge on any atom is -0.388 e. The number of halogens is 1. The first-order chi connectivity index (χ1) is 8.01. The molecule has 1 aromatic heterocycles. The van der Waals surface area contributed by atoms with Crippen LogP contribution in [0, 0.1) is 29.6 Å². The fourth-order valence-corrected chi connectivity index (χ4v) is 1.36. The maximum Gasteiger partial charge on any atom is 0.174 e. The zero-order valence-corrected chi connectivity index (χ0v) is 10.0. The molecule has 0 aliphatic heterocycles. The lowest BCUT2D eigenvalue weighted by molar-refractivity contribution is 0.757. The summed E-state index contributed by atoms with van der Waals surface area (Å²) in [6.45, 7) is 1.76. The highest BCUT2D eigenvalue weighted by Crippen LogP contribution is 2.16. The maximum absolute atomic E-state index is 8.74. The van der Waals surface area contributed by atoms with Crippen LogP contribution in [0.3, 0.4) is 0 Å². The maximum atomic E-state index is 8.74. The molecule has 0 radical (unpaired) electrons. The number of nitrogens with zero attached hydrogens (tertiary/aromatic N) is 5. The first-order valence-corrected chi connectivity index (χ1v) is 4.92. The molecule has 0 fully saturated rings. The normalized spacial score (nSPS) is 12.1. The van der Waals surface area contributed by atoms with Gasteiger partial charge in [-0.15, -0.1) is 0 Å². The van der Waals surface area contributed by atoms with Crippen molar-refractivity contribution in [1.82, 2.24) is 9.78 Å². The summed E-state index contributed by atoms with van der Waals surface area (Å²) < 4.78 is 1.49. The number of allylic oxidation sites excluding steroid dienone is 2. The van der Waals surface area contributed by atoms with Gasteiger partial charge in [0, 0.05) is 13.3 Å². The Morgan fingerprint density at radius 1 is 1.53 bits per heavy atom. The second kappa shape index (κ2) is 5.15. The van der Waals surface area contributed by atoms with Crippen LogP contribution in [0.2, 0.25) is 5.15 Å². The van der Waals surface area contributed by atoms with Gasteiger partial charge < -0.3 is 5.73 Å². The molecule has 0 bridgehead atoms. The molecule has 0 aliphatic carbocycles. The van der Waals surface area contributed by atoms with E-state index in [1.165, 1.54) is 10.9 Å². The topological polar surface area (TPSA) is 104 Å². The van der Waals surface area contributed by atoms with Gasteiger partial charge >= 0.3 is 0 Å². The van der Waals surface area contributed by atoms with E-state index in [9.17, 15) is 0 Å². The molecule has 0 aromatic carbocycles. The summed E-state index contributed by atoms with van der Waals surface area (Å²) in [5.74, 6) is 0. The van der Waals surface area contributed by atoms with E-state index < -0.39 is 0 Å².